The summed E-state index contributed by atoms with van der Waals surface area (Å²) in [6.45, 7) is 5.44. The monoisotopic (exact) mass is 267 g/mol. The van der Waals surface area contributed by atoms with Crippen molar-refractivity contribution in [1.82, 2.24) is 5.32 Å². The van der Waals surface area contributed by atoms with E-state index >= 15 is 0 Å². The number of benzene rings is 1. The van der Waals surface area contributed by atoms with Crippen molar-refractivity contribution in [1.29, 1.82) is 0 Å². The smallest absolute Gasteiger partial charge is 0.119 e. The van der Waals surface area contributed by atoms with Crippen LogP contribution in [0.4, 0.5) is 0 Å². The Morgan fingerprint density at radius 1 is 1.32 bits per heavy atom. The van der Waals surface area contributed by atoms with Crippen LogP contribution in [0.2, 0.25) is 0 Å². The molecule has 4 nitrogen and oxygen atoms in total. The number of rotatable bonds is 9. The van der Waals surface area contributed by atoms with Crippen LogP contribution in [0.3, 0.4) is 0 Å². The van der Waals surface area contributed by atoms with Gasteiger partial charge in [-0.3, -0.25) is 0 Å². The molecule has 0 spiro atoms. The molecule has 0 aromatic heterocycles. The summed E-state index contributed by atoms with van der Waals surface area (Å²) in [7, 11) is 1.68. The summed E-state index contributed by atoms with van der Waals surface area (Å²) in [6, 6.07) is 8.33. The molecule has 0 fully saturated rings. The number of hydrogen-bond donors (Lipinski definition) is 2. The normalized spacial score (nSPS) is 12.7. The van der Waals surface area contributed by atoms with Gasteiger partial charge in [-0.1, -0.05) is 26.0 Å². The third kappa shape index (κ3) is 6.57. The van der Waals surface area contributed by atoms with Crippen LogP contribution in [0.1, 0.15) is 25.8 Å². The Balaban J connectivity index is 2.37. The minimum Gasteiger partial charge on any atom is -0.494 e. The molecule has 0 bridgehead atoms. The summed E-state index contributed by atoms with van der Waals surface area (Å²) in [5.74, 6) is 0.843. The summed E-state index contributed by atoms with van der Waals surface area (Å²) in [5.41, 5.74) is 1.10. The first kappa shape index (κ1) is 16.0. The molecule has 1 rings (SSSR count). The van der Waals surface area contributed by atoms with Gasteiger partial charge >= 0.3 is 0 Å². The van der Waals surface area contributed by atoms with Gasteiger partial charge in [0.15, 0.2) is 0 Å². The molecule has 0 saturated carbocycles. The van der Waals surface area contributed by atoms with Gasteiger partial charge in [0.1, 0.15) is 5.75 Å². The largest absolute Gasteiger partial charge is 0.494 e. The second-order valence-corrected chi connectivity index (χ2v) is 4.92. The number of ether oxygens (including phenoxy) is 2. The highest BCUT2D eigenvalue weighted by Crippen LogP contribution is 2.14. The molecule has 19 heavy (non-hydrogen) atoms. The first-order valence-electron chi connectivity index (χ1n) is 6.73. The van der Waals surface area contributed by atoms with Crippen molar-refractivity contribution in [3.63, 3.8) is 0 Å². The summed E-state index contributed by atoms with van der Waals surface area (Å²) in [6.07, 6.45) is 0.781. The van der Waals surface area contributed by atoms with E-state index in [-0.39, 0.29) is 12.6 Å². The standard InChI is InChI=1S/C15H25NO3/c1-12(2)16-14(10-17)7-8-19-15-6-4-5-13(9-15)11-18-3/h4-6,9,12,14,16-17H,7-8,10-11H2,1-3H3. The van der Waals surface area contributed by atoms with Crippen molar-refractivity contribution in [2.75, 3.05) is 20.3 Å². The minimum atomic E-state index is 0.0853. The molecule has 1 aromatic carbocycles. The fourth-order valence-electron chi connectivity index (χ4n) is 1.91. The second kappa shape index (κ2) is 8.91. The Morgan fingerprint density at radius 2 is 2.11 bits per heavy atom. The Morgan fingerprint density at radius 3 is 2.74 bits per heavy atom. The van der Waals surface area contributed by atoms with Gasteiger partial charge in [0.25, 0.3) is 0 Å². The zero-order chi connectivity index (χ0) is 14.1. The molecule has 1 atom stereocenters. The van der Waals surface area contributed by atoms with Crippen LogP contribution < -0.4 is 10.1 Å². The summed E-state index contributed by atoms with van der Waals surface area (Å²) < 4.78 is 10.8. The maximum atomic E-state index is 9.25. The van der Waals surface area contributed by atoms with E-state index in [1.165, 1.54) is 0 Å². The van der Waals surface area contributed by atoms with E-state index in [9.17, 15) is 5.11 Å². The van der Waals surface area contributed by atoms with Gasteiger partial charge in [-0.15, -0.1) is 0 Å². The molecule has 0 heterocycles. The van der Waals surface area contributed by atoms with Crippen molar-refractivity contribution < 1.29 is 14.6 Å². The van der Waals surface area contributed by atoms with Crippen LogP contribution >= 0.6 is 0 Å². The van der Waals surface area contributed by atoms with Gasteiger partial charge in [0.05, 0.1) is 19.8 Å². The van der Waals surface area contributed by atoms with Gasteiger partial charge in [0.2, 0.25) is 0 Å². The molecule has 0 radical (unpaired) electrons. The fourth-order valence-corrected chi connectivity index (χ4v) is 1.91. The number of methoxy groups -OCH3 is 1. The minimum absolute atomic E-state index is 0.0853. The van der Waals surface area contributed by atoms with Crippen molar-refractivity contribution in [2.24, 2.45) is 0 Å². The fraction of sp³-hybridized carbons (Fsp3) is 0.600. The molecule has 1 aromatic rings. The van der Waals surface area contributed by atoms with Gasteiger partial charge in [-0.25, -0.2) is 0 Å². The van der Waals surface area contributed by atoms with Crippen molar-refractivity contribution in [2.45, 2.75) is 39.0 Å². The first-order valence-corrected chi connectivity index (χ1v) is 6.73. The average Bonchev–Trinajstić information content (AvgIpc) is 2.38. The maximum Gasteiger partial charge on any atom is 0.119 e. The molecule has 0 aliphatic heterocycles. The zero-order valence-corrected chi connectivity index (χ0v) is 12.1. The number of aliphatic hydroxyl groups excluding tert-OH is 1. The van der Waals surface area contributed by atoms with Gasteiger partial charge in [0, 0.05) is 19.2 Å². The number of nitrogens with one attached hydrogen (secondary N) is 1. The lowest BCUT2D eigenvalue weighted by Crippen LogP contribution is -2.38. The van der Waals surface area contributed by atoms with Crippen molar-refractivity contribution in [3.8, 4) is 5.75 Å². The van der Waals surface area contributed by atoms with E-state index in [0.29, 0.717) is 19.3 Å². The van der Waals surface area contributed by atoms with Gasteiger partial charge in [-0.05, 0) is 24.1 Å². The van der Waals surface area contributed by atoms with Crippen LogP contribution in [0.25, 0.3) is 0 Å². The Bertz CT molecular complexity index is 355. The highest BCUT2D eigenvalue weighted by Gasteiger charge is 2.08. The van der Waals surface area contributed by atoms with E-state index in [1.54, 1.807) is 7.11 Å². The number of hydrogen-bond acceptors (Lipinski definition) is 4. The zero-order valence-electron chi connectivity index (χ0n) is 12.1. The third-order valence-corrected chi connectivity index (χ3v) is 2.73. The Kier molecular flexibility index (Phi) is 7.48. The predicted molar refractivity (Wildman–Crippen MR) is 76.4 cm³/mol. The third-order valence-electron chi connectivity index (χ3n) is 2.73. The van der Waals surface area contributed by atoms with E-state index in [2.05, 4.69) is 19.2 Å². The molecule has 0 aliphatic carbocycles. The van der Waals surface area contributed by atoms with Crippen LogP contribution in [0.5, 0.6) is 5.75 Å². The van der Waals surface area contributed by atoms with Crippen molar-refractivity contribution >= 4 is 0 Å². The highest BCUT2D eigenvalue weighted by molar-refractivity contribution is 5.28. The lowest BCUT2D eigenvalue weighted by Gasteiger charge is -2.19. The van der Waals surface area contributed by atoms with Crippen LogP contribution in [-0.2, 0) is 11.3 Å². The predicted octanol–water partition coefficient (Wildman–Crippen LogP) is 1.96. The second-order valence-electron chi connectivity index (χ2n) is 4.92. The molecule has 2 N–H and O–H groups in total. The van der Waals surface area contributed by atoms with E-state index < -0.39 is 0 Å². The average molecular weight is 267 g/mol. The summed E-state index contributed by atoms with van der Waals surface area (Å²) >= 11 is 0. The maximum absolute atomic E-state index is 9.25. The molecule has 1 unspecified atom stereocenters. The van der Waals surface area contributed by atoms with Crippen LogP contribution in [0, 0.1) is 0 Å². The SMILES string of the molecule is COCc1cccc(OCCC(CO)NC(C)C)c1. The molecule has 0 amide bonds. The quantitative estimate of drug-likeness (QED) is 0.718. The lowest BCUT2D eigenvalue weighted by molar-refractivity contribution is 0.184. The molecule has 4 heteroatoms. The van der Waals surface area contributed by atoms with E-state index in [1.807, 2.05) is 24.3 Å². The summed E-state index contributed by atoms with van der Waals surface area (Å²) in [5, 5.41) is 12.5. The van der Waals surface area contributed by atoms with E-state index in [4.69, 9.17) is 9.47 Å². The van der Waals surface area contributed by atoms with Gasteiger partial charge < -0.3 is 19.9 Å². The first-order chi connectivity index (χ1) is 9.15. The lowest BCUT2D eigenvalue weighted by atomic mass is 10.2. The summed E-state index contributed by atoms with van der Waals surface area (Å²) in [4.78, 5) is 0. The Hall–Kier alpha value is -1.10. The molecule has 0 aliphatic rings. The molecule has 0 saturated heterocycles. The van der Waals surface area contributed by atoms with E-state index in [0.717, 1.165) is 17.7 Å². The highest BCUT2D eigenvalue weighted by atomic mass is 16.5. The topological polar surface area (TPSA) is 50.7 Å². The van der Waals surface area contributed by atoms with Crippen molar-refractivity contribution in [3.05, 3.63) is 29.8 Å². The molecule has 108 valence electrons. The van der Waals surface area contributed by atoms with Crippen LogP contribution in [-0.4, -0.2) is 37.5 Å². The molecular weight excluding hydrogens is 242 g/mol. The Labute approximate surface area is 115 Å². The van der Waals surface area contributed by atoms with Gasteiger partial charge in [-0.2, -0.15) is 0 Å². The molecular formula is C15H25NO3. The van der Waals surface area contributed by atoms with Crippen LogP contribution in [0.15, 0.2) is 24.3 Å². The number of aliphatic hydroxyl groups is 1.